The second-order valence-corrected chi connectivity index (χ2v) is 17.2. The second-order valence-electron chi connectivity index (χ2n) is 15.2. The largest absolute Gasteiger partial charge is 0.493 e. The predicted octanol–water partition coefficient (Wildman–Crippen LogP) is 4.23. The van der Waals surface area contributed by atoms with E-state index < -0.39 is 15.8 Å². The standard InChI is InChI=1S/C42H51N7O9S/c1-45(2)30-13-9-12-28(19-30)41(51)48-16-7-8-18-49(59(53,54)31-14-15-35-34(21-31)46(3)42(52)58-35)25-29-20-32-33(22-36(55-4)39(57-6)38(32)56-5)44-40(29)47-17-10-11-27(24-47)23-43-37(50)26-48/h9,12-15,19-22,27H,7-8,10-11,16-18,23-26H2,1-6H3,(H,43,50). The van der Waals surface area contributed by atoms with E-state index in [9.17, 15) is 22.8 Å². The molecule has 0 aliphatic carbocycles. The lowest BCUT2D eigenvalue weighted by Crippen LogP contribution is -2.45. The van der Waals surface area contributed by atoms with E-state index in [2.05, 4.69) is 10.2 Å². The molecule has 0 radical (unpaired) electrons. The summed E-state index contributed by atoms with van der Waals surface area (Å²) >= 11 is 0. The number of aromatic nitrogens is 2. The minimum atomic E-state index is -4.22. The number of oxazole rings is 1. The fourth-order valence-corrected chi connectivity index (χ4v) is 9.43. The molecule has 0 saturated carbocycles. The van der Waals surface area contributed by atoms with E-state index in [1.54, 1.807) is 18.2 Å². The van der Waals surface area contributed by atoms with Crippen molar-refractivity contribution in [3.8, 4) is 17.2 Å². The summed E-state index contributed by atoms with van der Waals surface area (Å²) in [5.74, 6) is 0.714. The highest BCUT2D eigenvalue weighted by Gasteiger charge is 2.31. The number of anilines is 2. The fraction of sp³-hybridized carbons (Fsp3) is 0.429. The van der Waals surface area contributed by atoms with Crippen molar-refractivity contribution in [2.24, 2.45) is 13.0 Å². The molecule has 3 aromatic carbocycles. The van der Waals surface area contributed by atoms with Crippen LogP contribution in [0.2, 0.25) is 0 Å². The smallest absolute Gasteiger partial charge is 0.419 e. The number of aryl methyl sites for hydroxylation is 1. The van der Waals surface area contributed by atoms with E-state index >= 15 is 0 Å². The van der Waals surface area contributed by atoms with Crippen LogP contribution in [0.15, 0.2) is 68.7 Å². The summed E-state index contributed by atoms with van der Waals surface area (Å²) in [5.41, 5.74) is 3.13. The van der Waals surface area contributed by atoms with Gasteiger partial charge in [0.25, 0.3) is 5.91 Å². The van der Waals surface area contributed by atoms with E-state index in [1.165, 1.54) is 60.3 Å². The quantitative estimate of drug-likeness (QED) is 0.248. The van der Waals surface area contributed by atoms with Crippen molar-refractivity contribution in [1.29, 1.82) is 0 Å². The topological polar surface area (TPSA) is 169 Å². The van der Waals surface area contributed by atoms with Gasteiger partial charge in [-0.05, 0) is 74.1 Å². The zero-order chi connectivity index (χ0) is 42.0. The van der Waals surface area contributed by atoms with E-state index in [-0.39, 0.29) is 54.4 Å². The van der Waals surface area contributed by atoms with E-state index in [4.69, 9.17) is 23.6 Å². The maximum absolute atomic E-state index is 14.9. The van der Waals surface area contributed by atoms with E-state index in [1.807, 2.05) is 37.2 Å². The van der Waals surface area contributed by atoms with Gasteiger partial charge in [-0.1, -0.05) is 6.07 Å². The van der Waals surface area contributed by atoms with Crippen molar-refractivity contribution in [2.75, 3.05) is 84.5 Å². The van der Waals surface area contributed by atoms with Gasteiger partial charge in [-0.25, -0.2) is 18.2 Å². The maximum atomic E-state index is 14.9. The van der Waals surface area contributed by atoms with Crippen LogP contribution in [0.25, 0.3) is 22.0 Å². The maximum Gasteiger partial charge on any atom is 0.419 e. The monoisotopic (exact) mass is 829 g/mol. The Bertz CT molecular complexity index is 2550. The summed E-state index contributed by atoms with van der Waals surface area (Å²) in [6.07, 6.45) is 2.42. The molecule has 7 rings (SSSR count). The molecule has 2 aliphatic heterocycles. The molecule has 314 valence electrons. The molecule has 1 unspecified atom stereocenters. The minimum absolute atomic E-state index is 0.0117. The third-order valence-corrected chi connectivity index (χ3v) is 13.0. The van der Waals surface area contributed by atoms with Gasteiger partial charge in [0.1, 0.15) is 5.82 Å². The predicted molar refractivity (Wildman–Crippen MR) is 224 cm³/mol. The van der Waals surface area contributed by atoms with Gasteiger partial charge < -0.3 is 38.6 Å². The number of sulfonamides is 1. The second kappa shape index (κ2) is 17.2. The Morgan fingerprint density at radius 2 is 1.69 bits per heavy atom. The van der Waals surface area contributed by atoms with Gasteiger partial charge in [0.15, 0.2) is 17.1 Å². The lowest BCUT2D eigenvalue weighted by molar-refractivity contribution is -0.122. The molecular formula is C42H51N7O9S. The number of hydrogen-bond donors (Lipinski definition) is 1. The van der Waals surface area contributed by atoms with Crippen molar-refractivity contribution in [2.45, 2.75) is 37.1 Å². The van der Waals surface area contributed by atoms with Crippen LogP contribution in [0.1, 0.15) is 41.6 Å². The molecule has 5 aromatic rings. The zero-order valence-corrected chi connectivity index (χ0v) is 35.1. The minimum Gasteiger partial charge on any atom is -0.493 e. The number of methoxy groups -OCH3 is 3. The Labute approximate surface area is 343 Å². The van der Waals surface area contributed by atoms with Gasteiger partial charge in [0, 0.05) is 88.7 Å². The Morgan fingerprint density at radius 3 is 2.44 bits per heavy atom. The fourth-order valence-electron chi connectivity index (χ4n) is 7.96. The van der Waals surface area contributed by atoms with Gasteiger partial charge in [0.05, 0.1) is 43.8 Å². The summed E-state index contributed by atoms with van der Waals surface area (Å²) in [7, 11) is 5.68. The Balaban J connectivity index is 1.33. The van der Waals surface area contributed by atoms with Gasteiger partial charge in [-0.3, -0.25) is 14.2 Å². The van der Waals surface area contributed by atoms with Crippen molar-refractivity contribution in [3.05, 3.63) is 76.3 Å². The number of fused-ring (bicyclic) bond motifs is 6. The molecule has 1 fully saturated rings. The van der Waals surface area contributed by atoms with Crippen LogP contribution >= 0.6 is 0 Å². The molecule has 2 aromatic heterocycles. The Hall–Kier alpha value is -5.81. The molecule has 16 nitrogen and oxygen atoms in total. The van der Waals surface area contributed by atoms with Gasteiger partial charge in [-0.2, -0.15) is 4.31 Å². The van der Waals surface area contributed by atoms with Crippen LogP contribution in [0.4, 0.5) is 11.5 Å². The number of piperidine rings is 1. The van der Waals surface area contributed by atoms with Crippen LogP contribution in [0.5, 0.6) is 17.2 Å². The average molecular weight is 830 g/mol. The third kappa shape index (κ3) is 8.39. The molecule has 1 atom stereocenters. The summed E-state index contributed by atoms with van der Waals surface area (Å²) in [4.78, 5) is 50.7. The number of carbonyl (C=O) groups excluding carboxylic acids is 2. The normalized spacial score (nSPS) is 17.4. The summed E-state index contributed by atoms with van der Waals surface area (Å²) in [6.45, 7) is 1.69. The molecule has 17 heteroatoms. The van der Waals surface area contributed by atoms with Crippen LogP contribution < -0.4 is 35.1 Å². The van der Waals surface area contributed by atoms with Crippen molar-refractivity contribution in [1.82, 2.24) is 24.1 Å². The number of nitrogens with zero attached hydrogens (tertiary/aromatic N) is 6. The first-order chi connectivity index (χ1) is 28.3. The number of hydrogen-bond acceptors (Lipinski definition) is 12. The Morgan fingerprint density at radius 1 is 0.915 bits per heavy atom. The number of amides is 2. The lowest BCUT2D eigenvalue weighted by Gasteiger charge is -2.36. The van der Waals surface area contributed by atoms with Gasteiger partial charge in [-0.15, -0.1) is 0 Å². The first kappa shape index (κ1) is 41.4. The van der Waals surface area contributed by atoms with E-state index in [0.29, 0.717) is 83.1 Å². The van der Waals surface area contributed by atoms with Crippen LogP contribution in [-0.4, -0.2) is 114 Å². The van der Waals surface area contributed by atoms with E-state index in [0.717, 1.165) is 18.5 Å². The highest BCUT2D eigenvalue weighted by Crippen LogP contribution is 2.44. The molecule has 1 N–H and O–H groups in total. The van der Waals surface area contributed by atoms with Crippen molar-refractivity contribution in [3.63, 3.8) is 0 Å². The highest BCUT2D eigenvalue weighted by molar-refractivity contribution is 7.89. The van der Waals surface area contributed by atoms with Crippen molar-refractivity contribution >= 4 is 55.3 Å². The van der Waals surface area contributed by atoms with Crippen LogP contribution in [-0.2, 0) is 28.4 Å². The average Bonchev–Trinajstić information content (AvgIpc) is 3.53. The number of carbonyl (C=O) groups is 2. The molecule has 59 heavy (non-hydrogen) atoms. The number of nitrogens with one attached hydrogen (secondary N) is 1. The highest BCUT2D eigenvalue weighted by atomic mass is 32.2. The third-order valence-electron chi connectivity index (χ3n) is 11.1. The van der Waals surface area contributed by atoms with Crippen LogP contribution in [0.3, 0.4) is 0 Å². The summed E-state index contributed by atoms with van der Waals surface area (Å²) < 4.78 is 54.9. The molecule has 2 aliphatic rings. The van der Waals surface area contributed by atoms with Gasteiger partial charge >= 0.3 is 5.76 Å². The molecule has 1 saturated heterocycles. The zero-order valence-electron chi connectivity index (χ0n) is 34.3. The SMILES string of the molecule is COc1cc2nc3c(cc2c(OC)c1OC)CN(S(=O)(=O)c1ccc2oc(=O)n(C)c2c1)CCCCN(C(=O)c1cccc(N(C)C)c1)CC(=O)NCC1CCCN3C1. The number of pyridine rings is 1. The molecule has 4 heterocycles. The first-order valence-corrected chi connectivity index (χ1v) is 21.1. The molecule has 2 bridgehead atoms. The molecular weight excluding hydrogens is 779 g/mol. The van der Waals surface area contributed by atoms with Crippen molar-refractivity contribution < 1.29 is 36.6 Å². The number of benzene rings is 3. The number of rotatable bonds is 7. The van der Waals surface area contributed by atoms with Crippen LogP contribution in [0, 0.1) is 5.92 Å². The summed E-state index contributed by atoms with van der Waals surface area (Å²) in [5, 5.41) is 3.70. The summed E-state index contributed by atoms with van der Waals surface area (Å²) in [6, 6.07) is 15.3. The number of ether oxygens (including phenoxy) is 3. The molecule has 0 spiro atoms. The lowest BCUT2D eigenvalue weighted by atomic mass is 9.97. The first-order valence-electron chi connectivity index (χ1n) is 19.6. The van der Waals surface area contributed by atoms with Gasteiger partial charge in [0.2, 0.25) is 21.7 Å². The Kier molecular flexibility index (Phi) is 12.0. The molecule has 2 amide bonds.